The highest BCUT2D eigenvalue weighted by Gasteiger charge is 2.07. The second kappa shape index (κ2) is 8.81. The van der Waals surface area contributed by atoms with Crippen LogP contribution in [0.1, 0.15) is 25.7 Å². The summed E-state index contributed by atoms with van der Waals surface area (Å²) in [5.74, 6) is -0.375. The van der Waals surface area contributed by atoms with Crippen molar-refractivity contribution < 1.29 is 14.3 Å². The number of aromatic nitrogens is 2. The molecule has 0 spiro atoms. The van der Waals surface area contributed by atoms with Crippen molar-refractivity contribution in [2.24, 2.45) is 0 Å². The van der Waals surface area contributed by atoms with E-state index in [9.17, 15) is 14.4 Å². The molecule has 24 heavy (non-hydrogen) atoms. The normalized spacial score (nSPS) is 10.5. The molecule has 7 heteroatoms. The smallest absolute Gasteiger partial charge is 0.305 e. The summed E-state index contributed by atoms with van der Waals surface area (Å²) in [7, 11) is 1.37. The molecule has 2 aromatic rings. The lowest BCUT2D eigenvalue weighted by molar-refractivity contribution is -0.140. The fourth-order valence-electron chi connectivity index (χ4n) is 2.38. The van der Waals surface area contributed by atoms with E-state index in [4.69, 9.17) is 0 Å². The Labute approximate surface area is 139 Å². The summed E-state index contributed by atoms with van der Waals surface area (Å²) in [6, 6.07) is 7.07. The number of fused-ring (bicyclic) bond motifs is 1. The first-order valence-corrected chi connectivity index (χ1v) is 7.90. The number of hydrogen-bond donors (Lipinski definition) is 1. The average Bonchev–Trinajstić information content (AvgIpc) is 2.60. The van der Waals surface area contributed by atoms with E-state index in [1.54, 1.807) is 24.3 Å². The molecule has 0 fully saturated rings. The Morgan fingerprint density at radius 2 is 2.00 bits per heavy atom. The summed E-state index contributed by atoms with van der Waals surface area (Å²) in [5.41, 5.74) is 0.478. The van der Waals surface area contributed by atoms with Crippen molar-refractivity contribution in [1.82, 2.24) is 15.1 Å². The summed E-state index contributed by atoms with van der Waals surface area (Å²) in [6.45, 7) is 0.598. The zero-order valence-electron chi connectivity index (χ0n) is 13.7. The highest BCUT2D eigenvalue weighted by atomic mass is 16.5. The Kier molecular flexibility index (Phi) is 6.48. The number of methoxy groups -OCH3 is 1. The van der Waals surface area contributed by atoms with E-state index in [-0.39, 0.29) is 23.9 Å². The standard InChI is InChI=1S/C17H21N3O4/c1-24-17(23)9-3-2-6-10-18-16(22)12-20-14-8-5-4-7-13(14)15(21)11-19-20/h4-5,7-8,11H,2-3,6,9-10,12H2,1H3,(H,18,22). The molecule has 7 nitrogen and oxygen atoms in total. The van der Waals surface area contributed by atoms with Crippen LogP contribution in [0.4, 0.5) is 0 Å². The maximum Gasteiger partial charge on any atom is 0.305 e. The topological polar surface area (TPSA) is 90.3 Å². The van der Waals surface area contributed by atoms with Gasteiger partial charge in [-0.05, 0) is 25.0 Å². The molecule has 0 unspecified atom stereocenters. The van der Waals surface area contributed by atoms with E-state index < -0.39 is 0 Å². The van der Waals surface area contributed by atoms with Gasteiger partial charge in [0.15, 0.2) is 0 Å². The van der Waals surface area contributed by atoms with Crippen LogP contribution in [0.2, 0.25) is 0 Å². The number of ether oxygens (including phenoxy) is 1. The highest BCUT2D eigenvalue weighted by molar-refractivity contribution is 5.81. The highest BCUT2D eigenvalue weighted by Crippen LogP contribution is 2.07. The van der Waals surface area contributed by atoms with Crippen LogP contribution in [0.25, 0.3) is 10.9 Å². The number of carbonyl (C=O) groups is 2. The van der Waals surface area contributed by atoms with Crippen molar-refractivity contribution in [2.45, 2.75) is 32.2 Å². The number of unbranched alkanes of at least 4 members (excludes halogenated alkanes) is 2. The van der Waals surface area contributed by atoms with E-state index in [1.165, 1.54) is 18.0 Å². The average molecular weight is 331 g/mol. The summed E-state index contributed by atoms with van der Waals surface area (Å²) in [5, 5.41) is 7.39. The molecular formula is C17H21N3O4. The summed E-state index contributed by atoms with van der Waals surface area (Å²) in [6.07, 6.45) is 4.00. The van der Waals surface area contributed by atoms with E-state index in [2.05, 4.69) is 15.2 Å². The van der Waals surface area contributed by atoms with Gasteiger partial charge in [0.1, 0.15) is 6.54 Å². The molecule has 0 radical (unpaired) electrons. The number of carbonyl (C=O) groups excluding carboxylic acids is 2. The van der Waals surface area contributed by atoms with Crippen molar-refractivity contribution in [3.63, 3.8) is 0 Å². The lowest BCUT2D eigenvalue weighted by atomic mass is 10.2. The van der Waals surface area contributed by atoms with Crippen LogP contribution in [0.5, 0.6) is 0 Å². The molecule has 128 valence electrons. The molecule has 1 aromatic carbocycles. The van der Waals surface area contributed by atoms with Gasteiger partial charge in [0.2, 0.25) is 11.3 Å². The molecule has 0 bridgehead atoms. The Balaban J connectivity index is 1.80. The van der Waals surface area contributed by atoms with Crippen molar-refractivity contribution in [3.05, 3.63) is 40.7 Å². The van der Waals surface area contributed by atoms with Gasteiger partial charge in [0.05, 0.1) is 18.8 Å². The molecule has 0 aliphatic carbocycles. The second-order valence-electron chi connectivity index (χ2n) is 5.42. The number of amides is 1. The molecule has 1 N–H and O–H groups in total. The van der Waals surface area contributed by atoms with Gasteiger partial charge in [-0.15, -0.1) is 0 Å². The minimum atomic E-state index is -0.213. The van der Waals surface area contributed by atoms with Crippen molar-refractivity contribution >= 4 is 22.8 Å². The monoisotopic (exact) mass is 331 g/mol. The van der Waals surface area contributed by atoms with Gasteiger partial charge < -0.3 is 10.1 Å². The molecule has 0 saturated heterocycles. The van der Waals surface area contributed by atoms with Gasteiger partial charge in [-0.3, -0.25) is 19.1 Å². The molecule has 0 saturated carbocycles. The minimum absolute atomic E-state index is 0.0585. The molecule has 2 rings (SSSR count). The SMILES string of the molecule is COC(=O)CCCCCNC(=O)Cn1ncc(=O)c2ccccc21. The zero-order chi connectivity index (χ0) is 17.4. The quantitative estimate of drug-likeness (QED) is 0.581. The molecule has 1 amide bonds. The third-order valence-electron chi connectivity index (χ3n) is 3.66. The minimum Gasteiger partial charge on any atom is -0.469 e. The molecule has 1 heterocycles. The maximum absolute atomic E-state index is 12.0. The van der Waals surface area contributed by atoms with Crippen LogP contribution >= 0.6 is 0 Å². The lowest BCUT2D eigenvalue weighted by Crippen LogP contribution is -2.30. The van der Waals surface area contributed by atoms with Gasteiger partial charge in [0, 0.05) is 18.4 Å². The molecular weight excluding hydrogens is 310 g/mol. The number of nitrogens with one attached hydrogen (secondary N) is 1. The van der Waals surface area contributed by atoms with Crippen LogP contribution in [0.15, 0.2) is 35.3 Å². The molecule has 0 aliphatic heterocycles. The van der Waals surface area contributed by atoms with Gasteiger partial charge in [-0.1, -0.05) is 18.6 Å². The largest absolute Gasteiger partial charge is 0.469 e. The third kappa shape index (κ3) is 4.91. The first kappa shape index (κ1) is 17.7. The van der Waals surface area contributed by atoms with Crippen LogP contribution in [0, 0.1) is 0 Å². The van der Waals surface area contributed by atoms with Crippen molar-refractivity contribution in [2.75, 3.05) is 13.7 Å². The number of esters is 1. The Morgan fingerprint density at radius 1 is 1.21 bits per heavy atom. The fourth-order valence-corrected chi connectivity index (χ4v) is 2.38. The van der Waals surface area contributed by atoms with Gasteiger partial charge in [-0.2, -0.15) is 5.10 Å². The number of para-hydroxylation sites is 1. The Hall–Kier alpha value is -2.70. The number of nitrogens with zero attached hydrogens (tertiary/aromatic N) is 2. The summed E-state index contributed by atoms with van der Waals surface area (Å²) < 4.78 is 6.08. The van der Waals surface area contributed by atoms with Crippen molar-refractivity contribution in [1.29, 1.82) is 0 Å². The Bertz CT molecular complexity index is 770. The predicted octanol–water partition coefficient (Wildman–Crippen LogP) is 1.25. The molecule has 0 atom stereocenters. The first-order chi connectivity index (χ1) is 11.6. The fraction of sp³-hybridized carbons (Fsp3) is 0.412. The van der Waals surface area contributed by atoms with Gasteiger partial charge in [-0.25, -0.2) is 0 Å². The van der Waals surface area contributed by atoms with Gasteiger partial charge in [0.25, 0.3) is 0 Å². The van der Waals surface area contributed by atoms with E-state index in [0.717, 1.165) is 19.3 Å². The number of rotatable bonds is 8. The van der Waals surface area contributed by atoms with E-state index in [1.807, 2.05) is 0 Å². The number of benzene rings is 1. The van der Waals surface area contributed by atoms with E-state index in [0.29, 0.717) is 23.9 Å². The van der Waals surface area contributed by atoms with Crippen molar-refractivity contribution in [3.8, 4) is 0 Å². The van der Waals surface area contributed by atoms with Gasteiger partial charge >= 0.3 is 5.97 Å². The van der Waals surface area contributed by atoms with Crippen LogP contribution in [-0.2, 0) is 20.9 Å². The van der Waals surface area contributed by atoms with Crippen LogP contribution < -0.4 is 10.7 Å². The summed E-state index contributed by atoms with van der Waals surface area (Å²) in [4.78, 5) is 34.7. The molecule has 1 aromatic heterocycles. The molecule has 0 aliphatic rings. The summed E-state index contributed by atoms with van der Waals surface area (Å²) >= 11 is 0. The first-order valence-electron chi connectivity index (χ1n) is 7.90. The maximum atomic E-state index is 12.0. The van der Waals surface area contributed by atoms with Crippen LogP contribution in [-0.4, -0.2) is 35.3 Å². The number of hydrogen-bond acceptors (Lipinski definition) is 5. The third-order valence-corrected chi connectivity index (χ3v) is 3.66. The zero-order valence-corrected chi connectivity index (χ0v) is 13.7. The lowest BCUT2D eigenvalue weighted by Gasteiger charge is -2.09. The second-order valence-corrected chi connectivity index (χ2v) is 5.42. The Morgan fingerprint density at radius 3 is 2.79 bits per heavy atom. The van der Waals surface area contributed by atoms with E-state index >= 15 is 0 Å². The predicted molar refractivity (Wildman–Crippen MR) is 89.5 cm³/mol. The van der Waals surface area contributed by atoms with Crippen LogP contribution in [0.3, 0.4) is 0 Å².